The van der Waals surface area contributed by atoms with Crippen LogP contribution in [0.3, 0.4) is 0 Å². The number of halogens is 2. The maximum atomic E-state index is 15.2. The molecule has 4 aromatic rings. The number of aromatic hydroxyl groups is 1. The number of phenolic OH excluding ortho intramolecular Hbond substituents is 1. The maximum absolute atomic E-state index is 15.2. The number of hydrogen-bond acceptors (Lipinski definition) is 3. The molecule has 2 aromatic heterocycles. The van der Waals surface area contributed by atoms with Gasteiger partial charge in [0.25, 0.3) is 0 Å². The van der Waals surface area contributed by atoms with Crippen molar-refractivity contribution in [2.45, 2.75) is 83.5 Å². The van der Waals surface area contributed by atoms with Crippen LogP contribution in [0.5, 0.6) is 5.75 Å². The van der Waals surface area contributed by atoms with E-state index in [1.54, 1.807) is 36.4 Å². The standard InChI is InChI=1S/C35H37F2N2O.Pt/c1-3-5-7-12-21-35(22-13-8-6-4-2)25-17-14-18-30(40)31(25)33-26(35)19-20-29(38-33)34-28(37)23-27(36)32(39-34)24-15-10-9-11-16-24;/h9-11,14-15,17-20,23,40H,3-8,12-13,21-22H2,1-2H3;/q-1;. The fraction of sp³-hybridized carbons (Fsp3) is 0.371. The average molecular weight is 735 g/mol. The Bertz CT molecular complexity index is 1460. The zero-order chi connectivity index (χ0) is 28.1. The first-order valence-electron chi connectivity index (χ1n) is 14.7. The van der Waals surface area contributed by atoms with E-state index in [9.17, 15) is 9.50 Å². The number of rotatable bonds is 12. The molecule has 1 aliphatic rings. The van der Waals surface area contributed by atoms with Crippen LogP contribution in [0.4, 0.5) is 8.78 Å². The van der Waals surface area contributed by atoms with E-state index >= 15 is 4.39 Å². The largest absolute Gasteiger partial charge is 0.507 e. The zero-order valence-electron chi connectivity index (χ0n) is 23.8. The topological polar surface area (TPSA) is 46.0 Å². The summed E-state index contributed by atoms with van der Waals surface area (Å²) in [6.45, 7) is 4.43. The summed E-state index contributed by atoms with van der Waals surface area (Å²) in [4.78, 5) is 9.33. The molecule has 5 rings (SSSR count). The Balaban J connectivity index is 0.00000387. The molecule has 0 amide bonds. The third-order valence-electron chi connectivity index (χ3n) is 8.26. The van der Waals surface area contributed by atoms with E-state index < -0.39 is 11.6 Å². The predicted octanol–water partition coefficient (Wildman–Crippen LogP) is 9.80. The summed E-state index contributed by atoms with van der Waals surface area (Å²) < 4.78 is 30.0. The average Bonchev–Trinajstić information content (AvgIpc) is 3.24. The van der Waals surface area contributed by atoms with Crippen molar-refractivity contribution < 1.29 is 35.0 Å². The molecular formula is C35H37F2N2OPt-. The van der Waals surface area contributed by atoms with Crippen molar-refractivity contribution in [3.63, 3.8) is 0 Å². The van der Waals surface area contributed by atoms with Crippen LogP contribution in [-0.2, 0) is 26.5 Å². The van der Waals surface area contributed by atoms with Crippen LogP contribution >= 0.6 is 0 Å². The second-order valence-corrected chi connectivity index (χ2v) is 10.9. The minimum absolute atomic E-state index is 0. The van der Waals surface area contributed by atoms with Crippen molar-refractivity contribution >= 4 is 0 Å². The normalized spacial score (nSPS) is 13.0. The van der Waals surface area contributed by atoms with Gasteiger partial charge in [0.05, 0.1) is 11.4 Å². The third-order valence-corrected chi connectivity index (χ3v) is 8.26. The van der Waals surface area contributed by atoms with Gasteiger partial charge in [-0.1, -0.05) is 83.4 Å². The van der Waals surface area contributed by atoms with Crippen LogP contribution < -0.4 is 0 Å². The molecule has 6 heteroatoms. The smallest absolute Gasteiger partial charge is 0.152 e. The fourth-order valence-electron chi connectivity index (χ4n) is 6.25. The molecule has 1 aliphatic carbocycles. The first-order valence-corrected chi connectivity index (χ1v) is 14.7. The van der Waals surface area contributed by atoms with Crippen molar-refractivity contribution in [2.24, 2.45) is 0 Å². The number of nitrogens with zero attached hydrogens (tertiary/aromatic N) is 2. The van der Waals surface area contributed by atoms with Crippen LogP contribution in [0.15, 0.2) is 60.7 Å². The van der Waals surface area contributed by atoms with Gasteiger partial charge >= 0.3 is 0 Å². The van der Waals surface area contributed by atoms with Gasteiger partial charge in [-0.15, -0.1) is 35.9 Å². The molecule has 2 heterocycles. The van der Waals surface area contributed by atoms with Crippen molar-refractivity contribution in [1.82, 2.24) is 9.97 Å². The summed E-state index contributed by atoms with van der Waals surface area (Å²) in [6, 6.07) is 20.3. The van der Waals surface area contributed by atoms with Gasteiger partial charge in [-0.05, 0) is 36.1 Å². The summed E-state index contributed by atoms with van der Waals surface area (Å²) in [5.41, 5.74) is 4.11. The van der Waals surface area contributed by atoms with Gasteiger partial charge in [0.15, 0.2) is 5.82 Å². The van der Waals surface area contributed by atoms with E-state index in [0.29, 0.717) is 17.0 Å². The Labute approximate surface area is 256 Å². The molecule has 0 radical (unpaired) electrons. The summed E-state index contributed by atoms with van der Waals surface area (Å²) in [7, 11) is 0. The van der Waals surface area contributed by atoms with Gasteiger partial charge in [0.1, 0.15) is 17.3 Å². The summed E-state index contributed by atoms with van der Waals surface area (Å²) in [6.07, 6.45) is 11.2. The fourth-order valence-corrected chi connectivity index (χ4v) is 6.25. The molecule has 41 heavy (non-hydrogen) atoms. The third kappa shape index (κ3) is 6.16. The number of phenols is 1. The Morgan fingerprint density at radius 2 is 1.44 bits per heavy atom. The first kappa shape index (κ1) is 31.0. The quantitative estimate of drug-likeness (QED) is 0.117. The van der Waals surface area contributed by atoms with Crippen molar-refractivity contribution in [3.8, 4) is 39.7 Å². The Morgan fingerprint density at radius 3 is 2.10 bits per heavy atom. The van der Waals surface area contributed by atoms with Crippen LogP contribution in [0.25, 0.3) is 33.9 Å². The van der Waals surface area contributed by atoms with E-state index in [-0.39, 0.29) is 43.6 Å². The summed E-state index contributed by atoms with van der Waals surface area (Å²) in [5.74, 6) is -1.34. The Morgan fingerprint density at radius 1 is 0.732 bits per heavy atom. The Hall–Kier alpha value is -2.91. The number of fused-ring (bicyclic) bond motifs is 3. The van der Waals surface area contributed by atoms with E-state index in [0.717, 1.165) is 61.3 Å². The second kappa shape index (κ2) is 13.8. The van der Waals surface area contributed by atoms with Crippen molar-refractivity contribution in [3.05, 3.63) is 89.5 Å². The molecule has 0 spiro atoms. The van der Waals surface area contributed by atoms with E-state index in [1.165, 1.54) is 25.7 Å². The van der Waals surface area contributed by atoms with Gasteiger partial charge in [0, 0.05) is 43.8 Å². The minimum atomic E-state index is -0.773. The molecule has 218 valence electrons. The SMILES string of the molecule is CCCCCCC1(CCCCCC)c2ccc(-c3nc(-c4[c-]cccc4)c(F)cc3F)nc2-c2c(O)cccc21.[Pt]. The minimum Gasteiger partial charge on any atom is -0.507 e. The number of pyridine rings is 2. The number of hydrogen-bond donors (Lipinski definition) is 1. The van der Waals surface area contributed by atoms with Crippen molar-refractivity contribution in [2.75, 3.05) is 0 Å². The number of benzene rings is 2. The molecule has 1 N–H and O–H groups in total. The van der Waals surface area contributed by atoms with Gasteiger partial charge in [-0.25, -0.2) is 13.8 Å². The second-order valence-electron chi connectivity index (χ2n) is 10.9. The monoisotopic (exact) mass is 734 g/mol. The molecule has 3 nitrogen and oxygen atoms in total. The molecule has 0 bridgehead atoms. The van der Waals surface area contributed by atoms with Crippen LogP contribution in [0.2, 0.25) is 0 Å². The molecular weight excluding hydrogens is 697 g/mol. The van der Waals surface area contributed by atoms with E-state index in [2.05, 4.69) is 31.0 Å². The van der Waals surface area contributed by atoms with Gasteiger partial charge in [-0.3, -0.25) is 4.98 Å². The molecule has 0 unspecified atom stereocenters. The van der Waals surface area contributed by atoms with Crippen LogP contribution in [0.1, 0.15) is 89.2 Å². The molecule has 2 aromatic carbocycles. The molecule has 0 saturated carbocycles. The van der Waals surface area contributed by atoms with Crippen LogP contribution in [0, 0.1) is 17.7 Å². The predicted molar refractivity (Wildman–Crippen MR) is 157 cm³/mol. The van der Waals surface area contributed by atoms with Gasteiger partial charge in [0.2, 0.25) is 0 Å². The maximum Gasteiger partial charge on any atom is 0.152 e. The Kier molecular flexibility index (Phi) is 10.5. The molecule has 0 aliphatic heterocycles. The first-order chi connectivity index (χ1) is 19.5. The van der Waals surface area contributed by atoms with E-state index in [4.69, 9.17) is 4.98 Å². The van der Waals surface area contributed by atoms with Crippen molar-refractivity contribution in [1.29, 1.82) is 0 Å². The van der Waals surface area contributed by atoms with Crippen LogP contribution in [-0.4, -0.2) is 15.1 Å². The summed E-state index contributed by atoms with van der Waals surface area (Å²) >= 11 is 0. The van der Waals surface area contributed by atoms with Gasteiger partial charge < -0.3 is 5.11 Å². The molecule has 0 fully saturated rings. The molecule has 0 saturated heterocycles. The van der Waals surface area contributed by atoms with E-state index in [1.807, 2.05) is 12.1 Å². The number of unbranched alkanes of at least 4 members (excludes halogenated alkanes) is 6. The number of aromatic nitrogens is 2. The summed E-state index contributed by atoms with van der Waals surface area (Å²) in [5, 5.41) is 11.1. The van der Waals surface area contributed by atoms with Gasteiger partial charge in [-0.2, -0.15) is 0 Å². The zero-order valence-corrected chi connectivity index (χ0v) is 26.0. The molecule has 0 atom stereocenters.